The average molecular weight is 236 g/mol. The molecule has 0 aliphatic carbocycles. The Morgan fingerprint density at radius 2 is 2.24 bits per heavy atom. The highest BCUT2D eigenvalue weighted by Crippen LogP contribution is 2.17. The first-order chi connectivity index (χ1) is 8.06. The number of nitrogens with zero attached hydrogens (tertiary/aromatic N) is 1. The van der Waals surface area contributed by atoms with Crippen LogP contribution in [0.15, 0.2) is 22.6 Å². The first kappa shape index (κ1) is 14.0. The fourth-order valence-electron chi connectivity index (χ4n) is 1.91. The van der Waals surface area contributed by atoms with Crippen LogP contribution in [0.25, 0.3) is 0 Å². The van der Waals surface area contributed by atoms with Gasteiger partial charge in [0, 0.05) is 18.7 Å². The molecule has 1 rings (SSSR count). The van der Waals surface area contributed by atoms with Crippen LogP contribution < -0.4 is 5.32 Å². The summed E-state index contributed by atoms with van der Waals surface area (Å²) in [4.78, 5) is 2.36. The van der Waals surface area contributed by atoms with E-state index in [0.717, 1.165) is 37.7 Å². The van der Waals surface area contributed by atoms with Gasteiger partial charge in [-0.05, 0) is 33.5 Å². The summed E-state index contributed by atoms with van der Waals surface area (Å²) in [7, 11) is 1.93. The molecule has 0 aliphatic rings. The molecule has 0 aliphatic heterocycles. The van der Waals surface area contributed by atoms with Crippen LogP contribution in [-0.2, 0) is 13.1 Å². The van der Waals surface area contributed by atoms with E-state index in [4.69, 9.17) is 4.42 Å². The Hall–Kier alpha value is -1.06. The molecular weight excluding hydrogens is 212 g/mol. The van der Waals surface area contributed by atoms with Gasteiger partial charge in [-0.1, -0.05) is 19.1 Å². The molecule has 0 spiro atoms. The van der Waals surface area contributed by atoms with E-state index in [0.29, 0.717) is 0 Å². The van der Waals surface area contributed by atoms with Gasteiger partial charge in [0.2, 0.25) is 0 Å². The number of nitrogens with one attached hydrogen (secondary N) is 1. The molecule has 3 heteroatoms. The fraction of sp³-hybridized carbons (Fsp3) is 0.571. The van der Waals surface area contributed by atoms with E-state index in [1.807, 2.05) is 14.0 Å². The zero-order chi connectivity index (χ0) is 12.8. The molecule has 0 unspecified atom stereocenters. The van der Waals surface area contributed by atoms with E-state index in [1.54, 1.807) is 0 Å². The van der Waals surface area contributed by atoms with Gasteiger partial charge in [0.1, 0.15) is 11.5 Å². The number of rotatable bonds is 7. The first-order valence-corrected chi connectivity index (χ1v) is 6.16. The summed E-state index contributed by atoms with van der Waals surface area (Å²) in [6.45, 7) is 13.9. The monoisotopic (exact) mass is 236 g/mol. The summed E-state index contributed by atoms with van der Waals surface area (Å²) < 4.78 is 5.69. The molecule has 0 aromatic carbocycles. The lowest BCUT2D eigenvalue weighted by molar-refractivity contribution is 0.302. The predicted molar refractivity (Wildman–Crippen MR) is 72.0 cm³/mol. The summed E-state index contributed by atoms with van der Waals surface area (Å²) in [6, 6.07) is 2.15. The lowest BCUT2D eigenvalue weighted by Crippen LogP contribution is -2.24. The summed E-state index contributed by atoms with van der Waals surface area (Å²) >= 11 is 0. The quantitative estimate of drug-likeness (QED) is 0.738. The Labute approximate surface area is 104 Å². The lowest BCUT2D eigenvalue weighted by Gasteiger charge is -2.19. The van der Waals surface area contributed by atoms with Crippen molar-refractivity contribution in [2.24, 2.45) is 0 Å². The minimum absolute atomic E-state index is 0.785. The van der Waals surface area contributed by atoms with Gasteiger partial charge in [0.25, 0.3) is 0 Å². The number of likely N-dealkylation sites (N-methyl/N-ethyl adjacent to an activating group) is 1. The Bertz CT molecular complexity index is 368. The van der Waals surface area contributed by atoms with Crippen molar-refractivity contribution >= 4 is 0 Å². The standard InChI is InChI=1S/C14H24N2O/c1-6-16(9-11(2)3)10-13-7-14(8-15-5)17-12(13)4/h7,15H,2,6,8-10H2,1,3-5H3. The van der Waals surface area contributed by atoms with Crippen LogP contribution in [0.3, 0.4) is 0 Å². The van der Waals surface area contributed by atoms with Gasteiger partial charge in [-0.15, -0.1) is 0 Å². The highest BCUT2D eigenvalue weighted by molar-refractivity contribution is 5.21. The maximum atomic E-state index is 5.69. The normalized spacial score (nSPS) is 11.1. The smallest absolute Gasteiger partial charge is 0.118 e. The Morgan fingerprint density at radius 1 is 1.53 bits per heavy atom. The van der Waals surface area contributed by atoms with Crippen LogP contribution in [0, 0.1) is 6.92 Å². The molecule has 0 amide bonds. The van der Waals surface area contributed by atoms with E-state index in [9.17, 15) is 0 Å². The van der Waals surface area contributed by atoms with Gasteiger partial charge in [0.05, 0.1) is 6.54 Å². The molecule has 3 nitrogen and oxygen atoms in total. The van der Waals surface area contributed by atoms with E-state index in [-0.39, 0.29) is 0 Å². The van der Waals surface area contributed by atoms with Crippen molar-refractivity contribution in [1.82, 2.24) is 10.2 Å². The van der Waals surface area contributed by atoms with Crippen LogP contribution in [0.5, 0.6) is 0 Å². The SMILES string of the molecule is C=C(C)CN(CC)Cc1cc(CNC)oc1C. The van der Waals surface area contributed by atoms with Crippen LogP contribution in [-0.4, -0.2) is 25.0 Å². The lowest BCUT2D eigenvalue weighted by atomic mass is 10.2. The molecule has 17 heavy (non-hydrogen) atoms. The molecule has 1 heterocycles. The minimum atomic E-state index is 0.785. The number of hydrogen-bond donors (Lipinski definition) is 1. The van der Waals surface area contributed by atoms with Gasteiger partial charge in [-0.3, -0.25) is 4.90 Å². The largest absolute Gasteiger partial charge is 0.465 e. The van der Waals surface area contributed by atoms with Crippen molar-refractivity contribution < 1.29 is 4.42 Å². The van der Waals surface area contributed by atoms with Crippen molar-refractivity contribution in [2.75, 3.05) is 20.1 Å². The van der Waals surface area contributed by atoms with Crippen molar-refractivity contribution in [3.8, 4) is 0 Å². The molecule has 96 valence electrons. The zero-order valence-corrected chi connectivity index (χ0v) is 11.5. The Balaban J connectivity index is 2.68. The molecule has 0 atom stereocenters. The van der Waals surface area contributed by atoms with Gasteiger partial charge in [0.15, 0.2) is 0 Å². The molecule has 0 radical (unpaired) electrons. The molecular formula is C14H24N2O. The van der Waals surface area contributed by atoms with Crippen molar-refractivity contribution in [3.05, 3.63) is 35.3 Å². The summed E-state index contributed by atoms with van der Waals surface area (Å²) in [5.74, 6) is 2.03. The number of furan rings is 1. The second-order valence-corrected chi connectivity index (χ2v) is 4.58. The molecule has 1 N–H and O–H groups in total. The van der Waals surface area contributed by atoms with Crippen LogP contribution >= 0.6 is 0 Å². The molecule has 0 fully saturated rings. The second kappa shape index (κ2) is 6.62. The highest BCUT2D eigenvalue weighted by atomic mass is 16.3. The maximum Gasteiger partial charge on any atom is 0.118 e. The van der Waals surface area contributed by atoms with Crippen molar-refractivity contribution in [3.63, 3.8) is 0 Å². The maximum absolute atomic E-state index is 5.69. The van der Waals surface area contributed by atoms with Gasteiger partial charge < -0.3 is 9.73 Å². The topological polar surface area (TPSA) is 28.4 Å². The first-order valence-electron chi connectivity index (χ1n) is 6.16. The van der Waals surface area contributed by atoms with Crippen molar-refractivity contribution in [2.45, 2.75) is 33.9 Å². The molecule has 1 aromatic heterocycles. The molecule has 0 bridgehead atoms. The summed E-state index contributed by atoms with van der Waals surface area (Å²) in [5.41, 5.74) is 2.47. The van der Waals surface area contributed by atoms with E-state index in [2.05, 4.69) is 36.7 Å². The third-order valence-corrected chi connectivity index (χ3v) is 2.76. The molecule has 0 saturated carbocycles. The fourth-order valence-corrected chi connectivity index (χ4v) is 1.91. The average Bonchev–Trinajstić information content (AvgIpc) is 2.58. The summed E-state index contributed by atoms with van der Waals surface area (Å²) in [6.07, 6.45) is 0. The van der Waals surface area contributed by atoms with Crippen LogP contribution in [0.4, 0.5) is 0 Å². The number of hydrogen-bond acceptors (Lipinski definition) is 3. The van der Waals surface area contributed by atoms with Crippen LogP contribution in [0.1, 0.15) is 30.9 Å². The van der Waals surface area contributed by atoms with Crippen molar-refractivity contribution in [1.29, 1.82) is 0 Å². The zero-order valence-electron chi connectivity index (χ0n) is 11.5. The minimum Gasteiger partial charge on any atom is -0.465 e. The molecule has 0 saturated heterocycles. The second-order valence-electron chi connectivity index (χ2n) is 4.58. The van der Waals surface area contributed by atoms with Gasteiger partial charge >= 0.3 is 0 Å². The van der Waals surface area contributed by atoms with Crippen LogP contribution in [0.2, 0.25) is 0 Å². The third kappa shape index (κ3) is 4.36. The predicted octanol–water partition coefficient (Wildman–Crippen LogP) is 2.71. The van der Waals surface area contributed by atoms with E-state index < -0.39 is 0 Å². The van der Waals surface area contributed by atoms with Gasteiger partial charge in [-0.2, -0.15) is 0 Å². The van der Waals surface area contributed by atoms with Gasteiger partial charge in [-0.25, -0.2) is 0 Å². The van der Waals surface area contributed by atoms with E-state index >= 15 is 0 Å². The third-order valence-electron chi connectivity index (χ3n) is 2.76. The molecule has 1 aromatic rings. The number of aryl methyl sites for hydroxylation is 1. The Morgan fingerprint density at radius 3 is 2.76 bits per heavy atom. The summed E-state index contributed by atoms with van der Waals surface area (Å²) in [5, 5.41) is 3.10. The van der Waals surface area contributed by atoms with E-state index in [1.165, 1.54) is 11.1 Å². The highest BCUT2D eigenvalue weighted by Gasteiger charge is 2.10. The Kier molecular flexibility index (Phi) is 5.45.